The van der Waals surface area contributed by atoms with Gasteiger partial charge in [-0.1, -0.05) is 13.0 Å². The molecule has 1 rings (SSSR count). The lowest BCUT2D eigenvalue weighted by Crippen LogP contribution is -2.26. The number of nitrogens with one attached hydrogen (secondary N) is 1. The maximum atomic E-state index is 13.4. The Kier molecular flexibility index (Phi) is 6.08. The van der Waals surface area contributed by atoms with Gasteiger partial charge in [-0.05, 0) is 30.5 Å². The highest BCUT2D eigenvalue weighted by Gasteiger charge is 2.08. The summed E-state index contributed by atoms with van der Waals surface area (Å²) in [6.07, 6.45) is 0.603. The van der Waals surface area contributed by atoms with Gasteiger partial charge in [-0.15, -0.1) is 0 Å². The minimum atomic E-state index is -0.530. The molecule has 0 fully saturated rings. The van der Waals surface area contributed by atoms with Gasteiger partial charge in [0.1, 0.15) is 11.6 Å². The zero-order valence-corrected chi connectivity index (χ0v) is 10.3. The third kappa shape index (κ3) is 5.24. The number of benzene rings is 1. The van der Waals surface area contributed by atoms with Gasteiger partial charge in [-0.25, -0.2) is 8.78 Å². The van der Waals surface area contributed by atoms with E-state index in [4.69, 9.17) is 4.74 Å². The fourth-order valence-electron chi connectivity index (χ4n) is 1.66. The summed E-state index contributed by atoms with van der Waals surface area (Å²) in [5.74, 6) is -0.697. The molecule has 0 saturated heterocycles. The van der Waals surface area contributed by atoms with Crippen molar-refractivity contribution in [2.24, 2.45) is 5.92 Å². The minimum Gasteiger partial charge on any atom is -0.383 e. The second kappa shape index (κ2) is 7.35. The van der Waals surface area contributed by atoms with Gasteiger partial charge < -0.3 is 10.1 Å². The van der Waals surface area contributed by atoms with Crippen LogP contribution in [0.2, 0.25) is 0 Å². The van der Waals surface area contributed by atoms with Crippen LogP contribution in [-0.2, 0) is 11.2 Å². The summed E-state index contributed by atoms with van der Waals surface area (Å²) in [4.78, 5) is 0. The smallest absolute Gasteiger partial charge is 0.129 e. The average molecular weight is 243 g/mol. The van der Waals surface area contributed by atoms with Crippen molar-refractivity contribution in [1.29, 1.82) is 0 Å². The van der Waals surface area contributed by atoms with Crippen molar-refractivity contribution in [3.63, 3.8) is 0 Å². The molecule has 0 bridgehead atoms. The van der Waals surface area contributed by atoms with Crippen molar-refractivity contribution in [1.82, 2.24) is 5.32 Å². The van der Waals surface area contributed by atoms with Crippen LogP contribution in [-0.4, -0.2) is 26.8 Å². The van der Waals surface area contributed by atoms with E-state index in [1.165, 1.54) is 12.1 Å². The third-order valence-electron chi connectivity index (χ3n) is 2.56. The van der Waals surface area contributed by atoms with Gasteiger partial charge in [0.2, 0.25) is 0 Å². The first-order chi connectivity index (χ1) is 8.13. The van der Waals surface area contributed by atoms with Gasteiger partial charge in [-0.3, -0.25) is 0 Å². The Morgan fingerprint density at radius 1 is 1.35 bits per heavy atom. The van der Waals surface area contributed by atoms with Crippen LogP contribution in [0.15, 0.2) is 18.2 Å². The highest BCUT2D eigenvalue weighted by Crippen LogP contribution is 2.13. The fraction of sp³-hybridized carbons (Fsp3) is 0.538. The monoisotopic (exact) mass is 243 g/mol. The standard InChI is InChI=1S/C13H19F2NO/c1-10(9-16-5-6-17-2)7-11-3-4-12(14)8-13(11)15/h3-4,8,10,16H,5-7,9H2,1-2H3. The first kappa shape index (κ1) is 14.1. The molecular weight excluding hydrogens is 224 g/mol. The lowest BCUT2D eigenvalue weighted by atomic mass is 10.0. The van der Waals surface area contributed by atoms with Crippen LogP contribution in [0.25, 0.3) is 0 Å². The molecule has 0 aliphatic carbocycles. The number of ether oxygens (including phenoxy) is 1. The molecule has 1 unspecified atom stereocenters. The molecule has 0 spiro atoms. The van der Waals surface area contributed by atoms with Crippen LogP contribution >= 0.6 is 0 Å². The molecule has 2 nitrogen and oxygen atoms in total. The van der Waals surface area contributed by atoms with Crippen molar-refractivity contribution < 1.29 is 13.5 Å². The van der Waals surface area contributed by atoms with Crippen LogP contribution in [0.1, 0.15) is 12.5 Å². The summed E-state index contributed by atoms with van der Waals surface area (Å²) >= 11 is 0. The SMILES string of the molecule is COCCNCC(C)Cc1ccc(F)cc1F. The first-order valence-electron chi connectivity index (χ1n) is 5.77. The molecule has 96 valence electrons. The van der Waals surface area contributed by atoms with Gasteiger partial charge >= 0.3 is 0 Å². The molecule has 17 heavy (non-hydrogen) atoms. The number of hydrogen-bond acceptors (Lipinski definition) is 2. The van der Waals surface area contributed by atoms with E-state index in [0.29, 0.717) is 24.5 Å². The zero-order valence-electron chi connectivity index (χ0n) is 10.3. The van der Waals surface area contributed by atoms with E-state index >= 15 is 0 Å². The quantitative estimate of drug-likeness (QED) is 0.742. The largest absolute Gasteiger partial charge is 0.383 e. The van der Waals surface area contributed by atoms with E-state index < -0.39 is 11.6 Å². The van der Waals surface area contributed by atoms with E-state index in [2.05, 4.69) is 5.32 Å². The lowest BCUT2D eigenvalue weighted by molar-refractivity contribution is 0.198. The Balaban J connectivity index is 2.37. The van der Waals surface area contributed by atoms with Crippen molar-refractivity contribution in [3.05, 3.63) is 35.4 Å². The predicted octanol–water partition coefficient (Wildman–Crippen LogP) is 2.38. The van der Waals surface area contributed by atoms with Crippen LogP contribution in [0.3, 0.4) is 0 Å². The van der Waals surface area contributed by atoms with Crippen LogP contribution in [0.4, 0.5) is 8.78 Å². The number of methoxy groups -OCH3 is 1. The molecular formula is C13H19F2NO. The summed E-state index contributed by atoms with van der Waals surface area (Å²) in [7, 11) is 1.65. The van der Waals surface area contributed by atoms with E-state index in [9.17, 15) is 8.78 Å². The normalized spacial score (nSPS) is 12.7. The third-order valence-corrected chi connectivity index (χ3v) is 2.56. The molecule has 1 aromatic rings. The zero-order chi connectivity index (χ0) is 12.7. The Bertz CT molecular complexity index is 344. The van der Waals surface area contributed by atoms with E-state index in [-0.39, 0.29) is 0 Å². The van der Waals surface area contributed by atoms with Crippen LogP contribution in [0.5, 0.6) is 0 Å². The second-order valence-electron chi connectivity index (χ2n) is 4.24. The molecule has 4 heteroatoms. The number of hydrogen-bond donors (Lipinski definition) is 1. The van der Waals surface area contributed by atoms with Crippen molar-refractivity contribution >= 4 is 0 Å². The summed E-state index contributed by atoms with van der Waals surface area (Å²) in [5.41, 5.74) is 0.562. The van der Waals surface area contributed by atoms with Crippen molar-refractivity contribution in [3.8, 4) is 0 Å². The van der Waals surface area contributed by atoms with E-state index in [1.54, 1.807) is 7.11 Å². The van der Waals surface area contributed by atoms with Gasteiger partial charge in [0, 0.05) is 19.7 Å². The highest BCUT2D eigenvalue weighted by molar-refractivity contribution is 5.19. The summed E-state index contributed by atoms with van der Waals surface area (Å²) in [6, 6.07) is 3.74. The van der Waals surface area contributed by atoms with Gasteiger partial charge in [0.25, 0.3) is 0 Å². The Labute approximate surface area is 101 Å². The molecule has 0 aromatic heterocycles. The summed E-state index contributed by atoms with van der Waals surface area (Å²) in [6.45, 7) is 4.27. The number of rotatable bonds is 7. The molecule has 1 atom stereocenters. The van der Waals surface area contributed by atoms with Gasteiger partial charge in [-0.2, -0.15) is 0 Å². The van der Waals surface area contributed by atoms with E-state index in [0.717, 1.165) is 19.2 Å². The first-order valence-corrected chi connectivity index (χ1v) is 5.77. The Hall–Kier alpha value is -1.00. The van der Waals surface area contributed by atoms with Crippen LogP contribution < -0.4 is 5.32 Å². The molecule has 1 N–H and O–H groups in total. The lowest BCUT2D eigenvalue weighted by Gasteiger charge is -2.13. The minimum absolute atomic E-state index is 0.298. The molecule has 0 aliphatic heterocycles. The second-order valence-corrected chi connectivity index (χ2v) is 4.24. The molecule has 0 aliphatic rings. The molecule has 1 aromatic carbocycles. The predicted molar refractivity (Wildman–Crippen MR) is 64.0 cm³/mol. The Morgan fingerprint density at radius 2 is 2.12 bits per heavy atom. The van der Waals surface area contributed by atoms with E-state index in [1.807, 2.05) is 6.92 Å². The van der Waals surface area contributed by atoms with Gasteiger partial charge in [0.05, 0.1) is 6.61 Å². The summed E-state index contributed by atoms with van der Waals surface area (Å²) in [5, 5.41) is 3.22. The molecule has 0 amide bonds. The molecule has 0 saturated carbocycles. The highest BCUT2D eigenvalue weighted by atomic mass is 19.1. The molecule has 0 radical (unpaired) electrons. The topological polar surface area (TPSA) is 21.3 Å². The number of halogens is 2. The van der Waals surface area contributed by atoms with Gasteiger partial charge in [0.15, 0.2) is 0 Å². The maximum Gasteiger partial charge on any atom is 0.129 e. The fourth-order valence-corrected chi connectivity index (χ4v) is 1.66. The summed E-state index contributed by atoms with van der Waals surface area (Å²) < 4.78 is 31.0. The maximum absolute atomic E-state index is 13.4. The van der Waals surface area contributed by atoms with Crippen molar-refractivity contribution in [2.45, 2.75) is 13.3 Å². The molecule has 0 heterocycles. The average Bonchev–Trinajstić information content (AvgIpc) is 2.28. The Morgan fingerprint density at radius 3 is 2.76 bits per heavy atom. The van der Waals surface area contributed by atoms with Crippen LogP contribution in [0, 0.1) is 17.6 Å². The van der Waals surface area contributed by atoms with Crippen molar-refractivity contribution in [2.75, 3.05) is 26.8 Å².